The summed E-state index contributed by atoms with van der Waals surface area (Å²) in [7, 11) is 0. The van der Waals surface area contributed by atoms with E-state index < -0.39 is 36.0 Å². The fourth-order valence-electron chi connectivity index (χ4n) is 4.69. The van der Waals surface area contributed by atoms with Crippen molar-refractivity contribution < 1.29 is 22.4 Å². The summed E-state index contributed by atoms with van der Waals surface area (Å²) in [5, 5.41) is 4.20. The molecule has 0 spiro atoms. The van der Waals surface area contributed by atoms with Gasteiger partial charge in [0.2, 0.25) is 5.91 Å². The summed E-state index contributed by atoms with van der Waals surface area (Å²) >= 11 is 0. The fourth-order valence-corrected chi connectivity index (χ4v) is 4.69. The normalized spacial score (nSPS) is 25.2. The van der Waals surface area contributed by atoms with Crippen LogP contribution in [0.2, 0.25) is 0 Å². The minimum atomic E-state index is -4.94. The fraction of sp³-hybridized carbons (Fsp3) is 0.579. The number of likely N-dealkylation sites (tertiary alicyclic amines) is 1. The number of fused-ring (bicyclic) bond motifs is 2. The van der Waals surface area contributed by atoms with Crippen molar-refractivity contribution in [3.63, 3.8) is 0 Å². The Balaban J connectivity index is 1.46. The first kappa shape index (κ1) is 19.3. The van der Waals surface area contributed by atoms with Gasteiger partial charge in [0.05, 0.1) is 6.54 Å². The van der Waals surface area contributed by atoms with Gasteiger partial charge in [-0.2, -0.15) is 18.3 Å². The molecule has 1 saturated heterocycles. The highest BCUT2D eigenvalue weighted by Gasteiger charge is 2.50. The maximum Gasteiger partial charge on any atom is 0.436 e. The first-order valence-corrected chi connectivity index (χ1v) is 9.95. The van der Waals surface area contributed by atoms with Crippen LogP contribution < -0.4 is 5.69 Å². The summed E-state index contributed by atoms with van der Waals surface area (Å²) in [6, 6.07) is 0.692. The van der Waals surface area contributed by atoms with E-state index in [1.165, 1.54) is 4.57 Å². The van der Waals surface area contributed by atoms with Gasteiger partial charge < -0.3 is 4.90 Å². The molecule has 2 aromatic heterocycles. The number of hydrogen-bond acceptors (Lipinski definition) is 4. The van der Waals surface area contributed by atoms with E-state index in [4.69, 9.17) is 0 Å². The maximum atomic E-state index is 14.3. The van der Waals surface area contributed by atoms with Gasteiger partial charge in [-0.05, 0) is 37.7 Å². The van der Waals surface area contributed by atoms with Crippen molar-refractivity contribution in [2.45, 2.75) is 56.9 Å². The maximum absolute atomic E-state index is 14.3. The molecule has 7 nitrogen and oxygen atoms in total. The Bertz CT molecular complexity index is 1080. The van der Waals surface area contributed by atoms with E-state index in [0.29, 0.717) is 37.5 Å². The molecule has 2 fully saturated rings. The lowest BCUT2D eigenvalue weighted by molar-refractivity contribution is -0.143. The Hall–Kier alpha value is -2.72. The number of aromatic nitrogens is 4. The van der Waals surface area contributed by atoms with Crippen LogP contribution in [-0.2, 0) is 23.9 Å². The number of piperidine rings is 1. The molecule has 0 bridgehead atoms. The highest BCUT2D eigenvalue weighted by molar-refractivity contribution is 5.81. The zero-order chi connectivity index (χ0) is 21.2. The number of rotatable bonds is 3. The highest BCUT2D eigenvalue weighted by Crippen LogP contribution is 2.45. The molecule has 2 aromatic rings. The zero-order valence-corrected chi connectivity index (χ0v) is 15.9. The van der Waals surface area contributed by atoms with Gasteiger partial charge in [-0.3, -0.25) is 9.36 Å². The van der Waals surface area contributed by atoms with E-state index in [1.807, 2.05) is 4.90 Å². The summed E-state index contributed by atoms with van der Waals surface area (Å²) in [6.07, 6.45) is -0.440. The van der Waals surface area contributed by atoms with Gasteiger partial charge in [0.15, 0.2) is 11.5 Å². The van der Waals surface area contributed by atoms with E-state index in [2.05, 4.69) is 10.1 Å². The lowest BCUT2D eigenvalue weighted by Gasteiger charge is -2.28. The van der Waals surface area contributed by atoms with Gasteiger partial charge in [-0.15, -0.1) is 0 Å². The Morgan fingerprint density at radius 1 is 1.27 bits per heavy atom. The van der Waals surface area contributed by atoms with Gasteiger partial charge >= 0.3 is 11.9 Å². The van der Waals surface area contributed by atoms with Crippen LogP contribution in [0.4, 0.5) is 17.6 Å². The third kappa shape index (κ3) is 3.02. The summed E-state index contributed by atoms with van der Waals surface area (Å²) in [5.74, 6) is -0.653. The predicted octanol–water partition coefficient (Wildman–Crippen LogP) is 2.14. The molecule has 1 amide bonds. The molecule has 4 heterocycles. The smallest absolute Gasteiger partial charge is 0.338 e. The van der Waals surface area contributed by atoms with Crippen molar-refractivity contribution in [1.29, 1.82) is 0 Å². The molecular formula is C19H19F4N5O2. The van der Waals surface area contributed by atoms with Crippen molar-refractivity contribution in [1.82, 2.24) is 24.2 Å². The quantitative estimate of drug-likeness (QED) is 0.707. The third-order valence-corrected chi connectivity index (χ3v) is 6.28. The van der Waals surface area contributed by atoms with Gasteiger partial charge in [-0.25, -0.2) is 18.9 Å². The standard InChI is InChI=1S/C19H19F4N5O2/c20-15-11(4-6-24-16(15)19(21,22)23)9-27-18(30)28-12(2-1-3-14(28)25-27)17(29)26-7-5-10-8-13(10)26/h4,6,10,12-13H,1-3,5,7-9H2/t10-,12-,13-/m0/s1. The molecule has 3 aliphatic rings. The molecule has 5 rings (SSSR count). The van der Waals surface area contributed by atoms with E-state index in [1.54, 1.807) is 0 Å². The predicted molar refractivity (Wildman–Crippen MR) is 95.0 cm³/mol. The first-order chi connectivity index (χ1) is 14.3. The molecule has 2 aliphatic heterocycles. The molecule has 30 heavy (non-hydrogen) atoms. The molecule has 0 N–H and O–H groups in total. The Labute approximate surface area is 168 Å². The molecule has 0 unspecified atom stereocenters. The second kappa shape index (κ2) is 6.64. The van der Waals surface area contributed by atoms with Crippen LogP contribution in [0.25, 0.3) is 0 Å². The zero-order valence-electron chi connectivity index (χ0n) is 15.9. The Morgan fingerprint density at radius 3 is 2.73 bits per heavy atom. The van der Waals surface area contributed by atoms with Crippen LogP contribution >= 0.6 is 0 Å². The van der Waals surface area contributed by atoms with Crippen LogP contribution in [0.1, 0.15) is 48.8 Å². The van der Waals surface area contributed by atoms with Gasteiger partial charge in [0, 0.05) is 30.8 Å². The molecule has 0 aromatic carbocycles. The van der Waals surface area contributed by atoms with Gasteiger partial charge in [0.25, 0.3) is 0 Å². The highest BCUT2D eigenvalue weighted by atomic mass is 19.4. The number of nitrogens with zero attached hydrogens (tertiary/aromatic N) is 5. The van der Waals surface area contributed by atoms with Crippen molar-refractivity contribution in [2.75, 3.05) is 6.54 Å². The van der Waals surface area contributed by atoms with E-state index in [9.17, 15) is 27.2 Å². The number of pyridine rings is 1. The number of hydrogen-bond donors (Lipinski definition) is 0. The minimum Gasteiger partial charge on any atom is -0.338 e. The lowest BCUT2D eigenvalue weighted by Crippen LogP contribution is -2.42. The summed E-state index contributed by atoms with van der Waals surface area (Å²) < 4.78 is 55.4. The SMILES string of the molecule is O=C([C@@H]1CCCc2nn(Cc3ccnc(C(F)(F)F)c3F)c(=O)n21)N1CC[C@H]2C[C@@H]21. The average molecular weight is 425 g/mol. The van der Waals surface area contributed by atoms with Gasteiger partial charge in [-0.1, -0.05) is 0 Å². The number of carbonyl (C=O) groups excluding carboxylic acids is 1. The monoisotopic (exact) mass is 425 g/mol. The van der Waals surface area contributed by atoms with Crippen LogP contribution in [0, 0.1) is 11.7 Å². The number of carbonyl (C=O) groups is 1. The number of halogens is 4. The Kier molecular flexibility index (Phi) is 4.26. The second-order valence-corrected chi connectivity index (χ2v) is 8.15. The molecule has 11 heteroatoms. The van der Waals surface area contributed by atoms with Crippen LogP contribution in [0.5, 0.6) is 0 Å². The second-order valence-electron chi connectivity index (χ2n) is 8.15. The van der Waals surface area contributed by atoms with E-state index in [0.717, 1.165) is 29.8 Å². The molecular weight excluding hydrogens is 406 g/mol. The lowest BCUT2D eigenvalue weighted by atomic mass is 10.0. The molecule has 160 valence electrons. The van der Waals surface area contributed by atoms with Crippen LogP contribution in [0.15, 0.2) is 17.1 Å². The molecule has 0 radical (unpaired) electrons. The first-order valence-electron chi connectivity index (χ1n) is 9.95. The molecule has 1 aliphatic carbocycles. The van der Waals surface area contributed by atoms with Gasteiger partial charge in [0.1, 0.15) is 11.9 Å². The largest absolute Gasteiger partial charge is 0.436 e. The minimum absolute atomic E-state index is 0.1000. The third-order valence-electron chi connectivity index (χ3n) is 6.28. The summed E-state index contributed by atoms with van der Waals surface area (Å²) in [6.45, 7) is 0.219. The van der Waals surface area contributed by atoms with Crippen LogP contribution in [0.3, 0.4) is 0 Å². The van der Waals surface area contributed by atoms with E-state index in [-0.39, 0.29) is 17.5 Å². The number of alkyl halides is 3. The van der Waals surface area contributed by atoms with Crippen LogP contribution in [-0.4, -0.2) is 42.7 Å². The number of aryl methyl sites for hydroxylation is 1. The topological polar surface area (TPSA) is 73.0 Å². The Morgan fingerprint density at radius 2 is 2.07 bits per heavy atom. The van der Waals surface area contributed by atoms with Crippen molar-refractivity contribution in [3.8, 4) is 0 Å². The number of amides is 1. The van der Waals surface area contributed by atoms with Crippen molar-refractivity contribution in [3.05, 3.63) is 45.6 Å². The van der Waals surface area contributed by atoms with Crippen molar-refractivity contribution in [2.24, 2.45) is 5.92 Å². The summed E-state index contributed by atoms with van der Waals surface area (Å²) in [4.78, 5) is 30.9. The van der Waals surface area contributed by atoms with Crippen molar-refractivity contribution >= 4 is 5.91 Å². The molecule has 3 atom stereocenters. The van der Waals surface area contributed by atoms with E-state index >= 15 is 0 Å². The molecule has 1 saturated carbocycles. The average Bonchev–Trinajstić information content (AvgIpc) is 3.24. The summed E-state index contributed by atoms with van der Waals surface area (Å²) in [5.41, 5.74) is -2.57.